The number of hydrogen-bond donors (Lipinski definition) is 3. The number of rotatable bonds is 8. The second-order valence-electron chi connectivity index (χ2n) is 7.78. The van der Waals surface area contributed by atoms with Gasteiger partial charge >= 0.3 is 6.03 Å². The van der Waals surface area contributed by atoms with Crippen molar-refractivity contribution >= 4 is 29.2 Å². The Bertz CT molecular complexity index is 1350. The van der Waals surface area contributed by atoms with Crippen molar-refractivity contribution in [3.8, 4) is 23.0 Å². The van der Waals surface area contributed by atoms with Crippen LogP contribution in [0.15, 0.2) is 85.2 Å². The van der Waals surface area contributed by atoms with Crippen LogP contribution >= 0.6 is 0 Å². The van der Waals surface area contributed by atoms with Crippen molar-refractivity contribution in [1.82, 2.24) is 20.6 Å². The van der Waals surface area contributed by atoms with E-state index in [1.54, 1.807) is 60.7 Å². The molecule has 0 aliphatic carbocycles. The van der Waals surface area contributed by atoms with E-state index >= 15 is 0 Å². The molecular weight excluding hydrogens is 488 g/mol. The lowest BCUT2D eigenvalue weighted by Crippen LogP contribution is -2.31. The number of hydrogen-bond acceptors (Lipinski definition) is 7. The van der Waals surface area contributed by atoms with Crippen LogP contribution in [0.1, 0.15) is 21.0 Å². The summed E-state index contributed by atoms with van der Waals surface area (Å²) in [6.45, 7) is 0. The highest BCUT2D eigenvalue weighted by Crippen LogP contribution is 2.31. The fourth-order valence-corrected chi connectivity index (χ4v) is 3.46. The van der Waals surface area contributed by atoms with E-state index in [2.05, 4.69) is 20.6 Å². The maximum Gasteiger partial charge on any atom is 0.323 e. The molecule has 4 rings (SSSR count). The molecule has 0 atom stereocenters. The number of nitrogens with zero attached hydrogens (tertiary/aromatic N) is 3. The van der Waals surface area contributed by atoms with Crippen molar-refractivity contribution in [2.45, 2.75) is 0 Å². The van der Waals surface area contributed by atoms with Crippen molar-refractivity contribution < 1.29 is 23.9 Å². The Morgan fingerprint density at radius 2 is 1.05 bits per heavy atom. The molecule has 0 aliphatic heterocycles. The van der Waals surface area contributed by atoms with E-state index in [1.165, 1.54) is 43.5 Å². The summed E-state index contributed by atoms with van der Waals surface area (Å²) in [6, 6.07) is 19.1. The number of carbonyl (C=O) groups excluding carboxylic acids is 3. The number of nitrogens with two attached hydrogens (primary N) is 1. The van der Waals surface area contributed by atoms with Crippen LogP contribution in [-0.2, 0) is 0 Å². The van der Waals surface area contributed by atoms with Gasteiger partial charge in [-0.25, -0.2) is 4.79 Å². The van der Waals surface area contributed by atoms with Crippen LogP contribution < -0.4 is 30.7 Å². The predicted octanol–water partition coefficient (Wildman–Crippen LogP) is 4.00. The third-order valence-corrected chi connectivity index (χ3v) is 5.26. The molecule has 4 amide bonds. The Labute approximate surface area is 218 Å². The van der Waals surface area contributed by atoms with E-state index in [0.29, 0.717) is 34.4 Å². The van der Waals surface area contributed by atoms with Crippen LogP contribution in [0, 0.1) is 0 Å². The highest BCUT2D eigenvalue weighted by Gasteiger charge is 2.16. The van der Waals surface area contributed by atoms with Crippen LogP contribution in [0.5, 0.6) is 23.0 Å². The lowest BCUT2D eigenvalue weighted by Gasteiger charge is -2.21. The quantitative estimate of drug-likeness (QED) is 0.323. The summed E-state index contributed by atoms with van der Waals surface area (Å²) < 4.78 is 11.6. The number of anilines is 2. The number of urea groups is 1. The summed E-state index contributed by atoms with van der Waals surface area (Å²) in [5, 5.41) is 5.02. The minimum atomic E-state index is -0.680. The molecule has 0 saturated heterocycles. The number of aromatic nitrogens is 2. The number of ether oxygens (including phenoxy) is 2. The van der Waals surface area contributed by atoms with Gasteiger partial charge in [0.05, 0.1) is 11.4 Å². The first kappa shape index (κ1) is 25.6. The molecule has 0 unspecified atom stereocenters. The summed E-state index contributed by atoms with van der Waals surface area (Å²) in [7, 11) is 3.04. The lowest BCUT2D eigenvalue weighted by molar-refractivity contribution is 0.0950. The van der Waals surface area contributed by atoms with E-state index in [1.807, 2.05) is 0 Å². The largest absolute Gasteiger partial charge is 0.457 e. The van der Waals surface area contributed by atoms with Crippen molar-refractivity contribution in [3.05, 3.63) is 96.6 Å². The lowest BCUT2D eigenvalue weighted by atomic mass is 10.2. The van der Waals surface area contributed by atoms with Crippen molar-refractivity contribution in [3.63, 3.8) is 0 Å². The normalized spacial score (nSPS) is 10.3. The van der Waals surface area contributed by atoms with Crippen LogP contribution in [0.4, 0.5) is 16.2 Å². The molecule has 2 aromatic heterocycles. The maximum absolute atomic E-state index is 12.3. The van der Waals surface area contributed by atoms with Crippen LogP contribution in [0.25, 0.3) is 0 Å². The van der Waals surface area contributed by atoms with E-state index in [4.69, 9.17) is 15.2 Å². The Morgan fingerprint density at radius 3 is 1.39 bits per heavy atom. The number of benzene rings is 2. The first-order valence-corrected chi connectivity index (χ1v) is 11.4. The van der Waals surface area contributed by atoms with E-state index in [0.717, 1.165) is 0 Å². The summed E-state index contributed by atoms with van der Waals surface area (Å²) in [6.07, 6.45) is 2.96. The van der Waals surface area contributed by atoms with Crippen molar-refractivity contribution in [2.75, 3.05) is 19.0 Å². The second kappa shape index (κ2) is 11.5. The highest BCUT2D eigenvalue weighted by molar-refractivity contribution is 5.98. The Morgan fingerprint density at radius 1 is 0.658 bits per heavy atom. The van der Waals surface area contributed by atoms with Gasteiger partial charge in [-0.1, -0.05) is 0 Å². The van der Waals surface area contributed by atoms with Gasteiger partial charge < -0.3 is 25.8 Å². The van der Waals surface area contributed by atoms with Crippen molar-refractivity contribution in [2.24, 2.45) is 5.73 Å². The zero-order valence-corrected chi connectivity index (χ0v) is 20.5. The summed E-state index contributed by atoms with van der Waals surface area (Å²) in [5.74, 6) is 1.20. The highest BCUT2D eigenvalue weighted by atomic mass is 16.5. The molecule has 38 heavy (non-hydrogen) atoms. The van der Waals surface area contributed by atoms with Gasteiger partial charge in [0.25, 0.3) is 11.8 Å². The number of pyridine rings is 2. The topological polar surface area (TPSA) is 149 Å². The average Bonchev–Trinajstić information content (AvgIpc) is 2.94. The molecule has 4 aromatic rings. The summed E-state index contributed by atoms with van der Waals surface area (Å²) in [4.78, 5) is 45.2. The molecular formula is C27H24N6O5. The zero-order valence-electron chi connectivity index (χ0n) is 20.5. The third-order valence-electron chi connectivity index (χ3n) is 5.26. The molecule has 4 N–H and O–H groups in total. The average molecular weight is 513 g/mol. The zero-order chi connectivity index (χ0) is 27.1. The van der Waals surface area contributed by atoms with E-state index in [-0.39, 0.29) is 23.2 Å². The van der Waals surface area contributed by atoms with E-state index in [9.17, 15) is 14.4 Å². The Hall–Kier alpha value is -5.45. The first-order valence-electron chi connectivity index (χ1n) is 11.4. The van der Waals surface area contributed by atoms with Crippen LogP contribution in [0.2, 0.25) is 0 Å². The standard InChI is InChI=1S/C27H24N6O5/c1-29-25(34)23-15-21(11-13-31-23)37-19-7-3-17(4-8-19)33(27(28)36)18-5-9-20(10-6-18)38-22-12-14-32-24(16-22)26(35)30-2/h3-16H,1-2H3,(H2,28,36)(H,29,34)(H,30,35). The molecule has 11 heteroatoms. The summed E-state index contributed by atoms with van der Waals surface area (Å²) >= 11 is 0. The number of nitrogens with one attached hydrogen (secondary N) is 2. The predicted molar refractivity (Wildman–Crippen MR) is 140 cm³/mol. The monoisotopic (exact) mass is 512 g/mol. The molecule has 0 fully saturated rings. The molecule has 0 saturated carbocycles. The van der Waals surface area contributed by atoms with Crippen molar-refractivity contribution in [1.29, 1.82) is 0 Å². The fraction of sp³-hybridized carbons (Fsp3) is 0.0741. The molecule has 11 nitrogen and oxygen atoms in total. The molecule has 0 radical (unpaired) electrons. The van der Waals surface area contributed by atoms with E-state index < -0.39 is 6.03 Å². The van der Waals surface area contributed by atoms with Gasteiger partial charge in [-0.15, -0.1) is 0 Å². The number of carbonyl (C=O) groups is 3. The minimum absolute atomic E-state index is 0.227. The molecule has 0 bridgehead atoms. The van der Waals surface area contributed by atoms with Gasteiger partial charge in [-0.05, 0) is 60.7 Å². The molecule has 2 heterocycles. The fourth-order valence-electron chi connectivity index (χ4n) is 3.46. The molecule has 2 aromatic carbocycles. The van der Waals surface area contributed by atoms with Gasteiger partial charge in [-0.2, -0.15) is 0 Å². The molecule has 0 aliphatic rings. The van der Waals surface area contributed by atoms with Crippen LogP contribution in [0.3, 0.4) is 0 Å². The third kappa shape index (κ3) is 6.02. The van der Waals surface area contributed by atoms with Gasteiger partial charge in [0, 0.05) is 38.6 Å². The first-order chi connectivity index (χ1) is 18.4. The summed E-state index contributed by atoms with van der Waals surface area (Å²) in [5.41, 5.74) is 7.16. The van der Waals surface area contributed by atoms with Crippen LogP contribution in [-0.4, -0.2) is 41.9 Å². The van der Waals surface area contributed by atoms with Gasteiger partial charge in [0.2, 0.25) is 0 Å². The Balaban J connectivity index is 1.48. The SMILES string of the molecule is CNC(=O)c1cc(Oc2ccc(N(C(N)=O)c3ccc(Oc4ccnc(C(=O)NC)c4)cc3)cc2)ccn1. The van der Waals surface area contributed by atoms with Gasteiger partial charge in [-0.3, -0.25) is 24.5 Å². The minimum Gasteiger partial charge on any atom is -0.457 e. The van der Waals surface area contributed by atoms with Gasteiger partial charge in [0.1, 0.15) is 34.4 Å². The molecule has 192 valence electrons. The molecule has 0 spiro atoms. The maximum atomic E-state index is 12.3. The number of primary amides is 1. The second-order valence-corrected chi connectivity index (χ2v) is 7.78. The van der Waals surface area contributed by atoms with Gasteiger partial charge in [0.15, 0.2) is 0 Å². The number of amides is 4. The smallest absolute Gasteiger partial charge is 0.323 e. The Kier molecular flexibility index (Phi) is 7.77.